The third-order valence-electron chi connectivity index (χ3n) is 6.13. The summed E-state index contributed by atoms with van der Waals surface area (Å²) >= 11 is 0. The molecular formula is C25H34N4O2. The molecule has 0 aromatic heterocycles. The SMILES string of the molecule is CCOc1ccccc1N1CCN(CC(=O)N[C@@H]2CCN(Cc3ccccc3)C2)CC1. The second kappa shape index (κ2) is 10.6. The van der Waals surface area contributed by atoms with Crippen molar-refractivity contribution in [1.82, 2.24) is 15.1 Å². The van der Waals surface area contributed by atoms with Crippen molar-refractivity contribution < 1.29 is 9.53 Å². The number of carbonyl (C=O) groups excluding carboxylic acids is 1. The van der Waals surface area contributed by atoms with Gasteiger partial charge in [0.15, 0.2) is 0 Å². The lowest BCUT2D eigenvalue weighted by atomic mass is 10.2. The minimum Gasteiger partial charge on any atom is -0.492 e. The number of amides is 1. The van der Waals surface area contributed by atoms with Gasteiger partial charge >= 0.3 is 0 Å². The molecule has 31 heavy (non-hydrogen) atoms. The number of benzene rings is 2. The van der Waals surface area contributed by atoms with E-state index in [-0.39, 0.29) is 11.9 Å². The van der Waals surface area contributed by atoms with Crippen LogP contribution in [-0.4, -0.2) is 74.2 Å². The summed E-state index contributed by atoms with van der Waals surface area (Å²) in [6.45, 7) is 9.68. The molecule has 166 valence electrons. The fourth-order valence-electron chi connectivity index (χ4n) is 4.55. The molecule has 1 amide bonds. The molecule has 2 aliphatic rings. The second-order valence-corrected chi connectivity index (χ2v) is 8.44. The van der Waals surface area contributed by atoms with Crippen LogP contribution in [0.3, 0.4) is 0 Å². The fourth-order valence-corrected chi connectivity index (χ4v) is 4.55. The summed E-state index contributed by atoms with van der Waals surface area (Å²) in [4.78, 5) is 19.7. The maximum absolute atomic E-state index is 12.6. The summed E-state index contributed by atoms with van der Waals surface area (Å²) in [5, 5.41) is 3.25. The van der Waals surface area contributed by atoms with E-state index in [0.717, 1.165) is 63.7 Å². The van der Waals surface area contributed by atoms with Crippen LogP contribution in [0.2, 0.25) is 0 Å². The standard InChI is InChI=1S/C25H34N4O2/c1-2-31-24-11-7-6-10-23(24)29-16-14-27(15-17-29)20-25(30)26-22-12-13-28(19-22)18-21-8-4-3-5-9-21/h3-11,22H,2,12-20H2,1H3,(H,26,30)/t22-/m1/s1. The number of rotatable bonds is 8. The molecule has 2 saturated heterocycles. The highest BCUT2D eigenvalue weighted by atomic mass is 16.5. The monoisotopic (exact) mass is 422 g/mol. The first-order valence-corrected chi connectivity index (χ1v) is 11.5. The molecule has 1 atom stereocenters. The van der Waals surface area contributed by atoms with Gasteiger partial charge in [-0.1, -0.05) is 42.5 Å². The lowest BCUT2D eigenvalue weighted by Crippen LogP contribution is -2.50. The van der Waals surface area contributed by atoms with Crippen LogP contribution in [0.15, 0.2) is 54.6 Å². The highest BCUT2D eigenvalue weighted by Gasteiger charge is 2.26. The lowest BCUT2D eigenvalue weighted by molar-refractivity contribution is -0.123. The minimum atomic E-state index is 0.148. The van der Waals surface area contributed by atoms with Crippen molar-refractivity contribution in [2.75, 3.05) is 57.3 Å². The van der Waals surface area contributed by atoms with Crippen molar-refractivity contribution >= 4 is 11.6 Å². The first kappa shape index (κ1) is 21.7. The summed E-state index contributed by atoms with van der Waals surface area (Å²) < 4.78 is 5.78. The molecule has 0 radical (unpaired) electrons. The molecule has 1 N–H and O–H groups in total. The van der Waals surface area contributed by atoms with Gasteiger partial charge in [0, 0.05) is 51.9 Å². The second-order valence-electron chi connectivity index (χ2n) is 8.44. The molecule has 0 bridgehead atoms. The van der Waals surface area contributed by atoms with Gasteiger partial charge in [-0.2, -0.15) is 0 Å². The van der Waals surface area contributed by atoms with Gasteiger partial charge in [-0.15, -0.1) is 0 Å². The van der Waals surface area contributed by atoms with Crippen molar-refractivity contribution in [3.8, 4) is 5.75 Å². The Balaban J connectivity index is 1.19. The molecule has 2 aliphatic heterocycles. The molecule has 2 fully saturated rings. The Morgan fingerprint density at radius 3 is 2.48 bits per heavy atom. The topological polar surface area (TPSA) is 48.1 Å². The van der Waals surface area contributed by atoms with Gasteiger partial charge in [-0.05, 0) is 31.0 Å². The van der Waals surface area contributed by atoms with E-state index in [0.29, 0.717) is 13.2 Å². The summed E-state index contributed by atoms with van der Waals surface area (Å²) in [6.07, 6.45) is 1.03. The largest absolute Gasteiger partial charge is 0.492 e. The molecule has 2 aromatic rings. The zero-order chi connectivity index (χ0) is 21.5. The normalized spacial score (nSPS) is 20.0. The van der Waals surface area contributed by atoms with E-state index in [4.69, 9.17) is 4.74 Å². The van der Waals surface area contributed by atoms with Crippen LogP contribution in [0.1, 0.15) is 18.9 Å². The zero-order valence-electron chi connectivity index (χ0n) is 18.5. The number of carbonyl (C=O) groups is 1. The molecular weight excluding hydrogens is 388 g/mol. The number of piperazine rings is 1. The van der Waals surface area contributed by atoms with Gasteiger partial charge in [-0.25, -0.2) is 0 Å². The molecule has 0 spiro atoms. The number of nitrogens with zero attached hydrogens (tertiary/aromatic N) is 3. The number of likely N-dealkylation sites (tertiary alicyclic amines) is 1. The van der Waals surface area contributed by atoms with E-state index < -0.39 is 0 Å². The van der Waals surface area contributed by atoms with Crippen molar-refractivity contribution in [1.29, 1.82) is 0 Å². The third-order valence-corrected chi connectivity index (χ3v) is 6.13. The highest BCUT2D eigenvalue weighted by molar-refractivity contribution is 5.78. The van der Waals surface area contributed by atoms with Crippen molar-refractivity contribution in [3.63, 3.8) is 0 Å². The van der Waals surface area contributed by atoms with Gasteiger partial charge in [0.05, 0.1) is 18.8 Å². The van der Waals surface area contributed by atoms with Crippen LogP contribution in [0.4, 0.5) is 5.69 Å². The lowest BCUT2D eigenvalue weighted by Gasteiger charge is -2.36. The number of ether oxygens (including phenoxy) is 1. The zero-order valence-corrected chi connectivity index (χ0v) is 18.5. The Hall–Kier alpha value is -2.57. The van der Waals surface area contributed by atoms with Crippen molar-refractivity contribution in [2.24, 2.45) is 0 Å². The number of nitrogens with one attached hydrogen (secondary N) is 1. The summed E-state index contributed by atoms with van der Waals surface area (Å²) in [6, 6.07) is 19.0. The summed E-state index contributed by atoms with van der Waals surface area (Å²) in [7, 11) is 0. The van der Waals surface area contributed by atoms with E-state index in [1.165, 1.54) is 5.56 Å². The highest BCUT2D eigenvalue weighted by Crippen LogP contribution is 2.28. The molecule has 0 unspecified atom stereocenters. The van der Waals surface area contributed by atoms with Gasteiger partial charge < -0.3 is 15.0 Å². The third kappa shape index (κ3) is 5.99. The number of hydrogen-bond donors (Lipinski definition) is 1. The van der Waals surface area contributed by atoms with Crippen LogP contribution in [0.5, 0.6) is 5.75 Å². The first-order chi connectivity index (χ1) is 15.2. The number of anilines is 1. The van der Waals surface area contributed by atoms with Gasteiger partial charge in [0.1, 0.15) is 5.75 Å². The summed E-state index contributed by atoms with van der Waals surface area (Å²) in [5.74, 6) is 1.09. The van der Waals surface area contributed by atoms with E-state index in [1.807, 2.05) is 25.1 Å². The average Bonchev–Trinajstić information content (AvgIpc) is 3.22. The van der Waals surface area contributed by atoms with Crippen molar-refractivity contribution in [2.45, 2.75) is 25.9 Å². The maximum atomic E-state index is 12.6. The van der Waals surface area contributed by atoms with Crippen LogP contribution < -0.4 is 15.0 Å². The van der Waals surface area contributed by atoms with E-state index >= 15 is 0 Å². The molecule has 6 nitrogen and oxygen atoms in total. The van der Waals surface area contributed by atoms with Gasteiger partial charge in [-0.3, -0.25) is 14.6 Å². The fraction of sp³-hybridized carbons (Fsp3) is 0.480. The van der Waals surface area contributed by atoms with Gasteiger partial charge in [0.2, 0.25) is 5.91 Å². The number of para-hydroxylation sites is 2. The van der Waals surface area contributed by atoms with E-state index in [9.17, 15) is 4.79 Å². The van der Waals surface area contributed by atoms with E-state index in [1.54, 1.807) is 0 Å². The molecule has 0 aliphatic carbocycles. The van der Waals surface area contributed by atoms with E-state index in [2.05, 4.69) is 56.4 Å². The number of hydrogen-bond acceptors (Lipinski definition) is 5. The molecule has 4 rings (SSSR count). The molecule has 6 heteroatoms. The van der Waals surface area contributed by atoms with Crippen LogP contribution >= 0.6 is 0 Å². The summed E-state index contributed by atoms with van der Waals surface area (Å²) in [5.41, 5.74) is 2.48. The Labute approximate surface area is 185 Å². The Bertz CT molecular complexity index is 836. The van der Waals surface area contributed by atoms with Crippen LogP contribution in [0, 0.1) is 0 Å². The average molecular weight is 423 g/mol. The minimum absolute atomic E-state index is 0.148. The predicted molar refractivity (Wildman–Crippen MR) is 125 cm³/mol. The molecule has 2 aromatic carbocycles. The van der Waals surface area contributed by atoms with Crippen LogP contribution in [-0.2, 0) is 11.3 Å². The Kier molecular flexibility index (Phi) is 7.43. The molecule has 0 saturated carbocycles. The van der Waals surface area contributed by atoms with Gasteiger partial charge in [0.25, 0.3) is 0 Å². The maximum Gasteiger partial charge on any atom is 0.234 e. The first-order valence-electron chi connectivity index (χ1n) is 11.5. The van der Waals surface area contributed by atoms with Crippen LogP contribution in [0.25, 0.3) is 0 Å². The Morgan fingerprint density at radius 1 is 0.968 bits per heavy atom. The predicted octanol–water partition coefficient (Wildman–Crippen LogP) is 2.60. The van der Waals surface area contributed by atoms with Crippen molar-refractivity contribution in [3.05, 3.63) is 60.2 Å². The quantitative estimate of drug-likeness (QED) is 0.709. The Morgan fingerprint density at radius 2 is 1.71 bits per heavy atom. The smallest absolute Gasteiger partial charge is 0.234 e. The molecule has 2 heterocycles.